The van der Waals surface area contributed by atoms with Gasteiger partial charge in [0.05, 0.1) is 36.0 Å². The van der Waals surface area contributed by atoms with Crippen molar-refractivity contribution in [2.75, 3.05) is 19.5 Å². The fourth-order valence-corrected chi connectivity index (χ4v) is 4.97. The van der Waals surface area contributed by atoms with E-state index in [0.29, 0.717) is 51.4 Å². The number of halogens is 1. The number of nitrogens with zero attached hydrogens (tertiary/aromatic N) is 4. The van der Waals surface area contributed by atoms with Crippen molar-refractivity contribution in [3.63, 3.8) is 0 Å². The lowest BCUT2D eigenvalue weighted by atomic mass is 10.0. The van der Waals surface area contributed by atoms with Crippen molar-refractivity contribution in [2.45, 2.75) is 20.4 Å². The van der Waals surface area contributed by atoms with Gasteiger partial charge in [-0.1, -0.05) is 29.8 Å². The van der Waals surface area contributed by atoms with Crippen molar-refractivity contribution in [3.05, 3.63) is 101 Å². The van der Waals surface area contributed by atoms with Crippen LogP contribution in [0, 0.1) is 12.7 Å². The van der Waals surface area contributed by atoms with Crippen LogP contribution in [0.2, 0.25) is 0 Å². The molecule has 6 rings (SSSR count). The summed E-state index contributed by atoms with van der Waals surface area (Å²) >= 11 is 0. The number of pyridine rings is 2. The molecule has 0 spiro atoms. The monoisotopic (exact) mass is 577 g/mol. The fraction of sp³-hybridized carbons (Fsp3) is 0.152. The maximum absolute atomic E-state index is 15.4. The highest BCUT2D eigenvalue weighted by Gasteiger charge is 2.17. The SMILES string of the molecule is CCn1cc(-c2ccc(C)cc2)c(=O)c2c(Nc3ccc(Oc4ncnc5cc(OC)c(OC)cc45)c(F)c3)nccc21. The average molecular weight is 578 g/mol. The number of hydrogen-bond donors (Lipinski definition) is 1. The number of aryl methyl sites for hydroxylation is 2. The molecular formula is C33H28FN5O4. The zero-order valence-corrected chi connectivity index (χ0v) is 24.0. The fourth-order valence-electron chi connectivity index (χ4n) is 4.97. The third kappa shape index (κ3) is 5.19. The number of nitrogens with one attached hydrogen (secondary N) is 1. The molecule has 6 aromatic rings. The quantitative estimate of drug-likeness (QED) is 0.206. The van der Waals surface area contributed by atoms with Crippen LogP contribution in [-0.2, 0) is 6.54 Å². The summed E-state index contributed by atoms with van der Waals surface area (Å²) in [5, 5.41) is 4.08. The van der Waals surface area contributed by atoms with E-state index in [1.54, 1.807) is 30.5 Å². The highest BCUT2D eigenvalue weighted by molar-refractivity contribution is 5.94. The van der Waals surface area contributed by atoms with Gasteiger partial charge >= 0.3 is 0 Å². The molecular weight excluding hydrogens is 549 g/mol. The van der Waals surface area contributed by atoms with E-state index in [-0.39, 0.29) is 17.1 Å². The average Bonchev–Trinajstić information content (AvgIpc) is 3.02. The van der Waals surface area contributed by atoms with Crippen LogP contribution in [0.5, 0.6) is 23.1 Å². The van der Waals surface area contributed by atoms with Gasteiger partial charge in [0.25, 0.3) is 0 Å². The van der Waals surface area contributed by atoms with E-state index in [1.165, 1.54) is 32.7 Å². The summed E-state index contributed by atoms with van der Waals surface area (Å²) in [6.07, 6.45) is 4.82. The van der Waals surface area contributed by atoms with Gasteiger partial charge in [-0.15, -0.1) is 0 Å². The molecule has 3 heterocycles. The summed E-state index contributed by atoms with van der Waals surface area (Å²) in [4.78, 5) is 26.7. The van der Waals surface area contributed by atoms with Crippen LogP contribution in [0.15, 0.2) is 84.2 Å². The number of methoxy groups -OCH3 is 2. The predicted molar refractivity (Wildman–Crippen MR) is 164 cm³/mol. The summed E-state index contributed by atoms with van der Waals surface area (Å²) in [5.74, 6) is 0.773. The smallest absolute Gasteiger partial charge is 0.230 e. The lowest BCUT2D eigenvalue weighted by Gasteiger charge is -2.15. The number of anilines is 2. The molecule has 0 amide bonds. The number of benzene rings is 3. The summed E-state index contributed by atoms with van der Waals surface area (Å²) < 4.78 is 34.0. The Bertz CT molecular complexity index is 2040. The van der Waals surface area contributed by atoms with Gasteiger partial charge in [0.2, 0.25) is 11.3 Å². The molecule has 0 aliphatic carbocycles. The molecule has 0 atom stereocenters. The molecule has 0 unspecified atom stereocenters. The Morgan fingerprint density at radius 1 is 0.907 bits per heavy atom. The van der Waals surface area contributed by atoms with E-state index in [9.17, 15) is 4.79 Å². The summed E-state index contributed by atoms with van der Waals surface area (Å²) in [5.41, 5.74) is 3.98. The number of rotatable bonds is 8. The minimum Gasteiger partial charge on any atom is -0.493 e. The van der Waals surface area contributed by atoms with E-state index in [4.69, 9.17) is 14.2 Å². The first-order valence-corrected chi connectivity index (χ1v) is 13.6. The Labute approximate surface area is 246 Å². The van der Waals surface area contributed by atoms with Crippen molar-refractivity contribution >= 4 is 33.3 Å². The molecule has 0 aliphatic rings. The van der Waals surface area contributed by atoms with Crippen molar-refractivity contribution in [1.82, 2.24) is 19.5 Å². The van der Waals surface area contributed by atoms with Gasteiger partial charge in [0.15, 0.2) is 23.1 Å². The van der Waals surface area contributed by atoms with Crippen LogP contribution in [0.25, 0.3) is 32.9 Å². The van der Waals surface area contributed by atoms with E-state index in [1.807, 2.05) is 48.9 Å². The van der Waals surface area contributed by atoms with Crippen LogP contribution in [0.3, 0.4) is 0 Å². The Hall–Kier alpha value is -5.51. The second-order valence-electron chi connectivity index (χ2n) is 9.85. The van der Waals surface area contributed by atoms with E-state index in [0.717, 1.165) is 16.6 Å². The highest BCUT2D eigenvalue weighted by Crippen LogP contribution is 2.37. The normalized spacial score (nSPS) is 11.1. The second kappa shape index (κ2) is 11.4. The second-order valence-corrected chi connectivity index (χ2v) is 9.85. The molecule has 1 N–H and O–H groups in total. The summed E-state index contributed by atoms with van der Waals surface area (Å²) in [7, 11) is 3.05. The molecule has 10 heteroatoms. The van der Waals surface area contributed by atoms with Crippen molar-refractivity contribution in [1.29, 1.82) is 0 Å². The lowest BCUT2D eigenvalue weighted by molar-refractivity contribution is 0.355. The Morgan fingerprint density at radius 2 is 1.67 bits per heavy atom. The van der Waals surface area contributed by atoms with Gasteiger partial charge in [-0.25, -0.2) is 19.3 Å². The minimum absolute atomic E-state index is 0.0405. The Balaban J connectivity index is 1.36. The van der Waals surface area contributed by atoms with Crippen molar-refractivity contribution in [3.8, 4) is 34.3 Å². The topological polar surface area (TPSA) is 100 Å². The number of fused-ring (bicyclic) bond motifs is 2. The van der Waals surface area contributed by atoms with E-state index < -0.39 is 5.82 Å². The molecule has 43 heavy (non-hydrogen) atoms. The summed E-state index contributed by atoms with van der Waals surface area (Å²) in [6.45, 7) is 4.66. The molecule has 3 aromatic heterocycles. The third-order valence-corrected chi connectivity index (χ3v) is 7.20. The highest BCUT2D eigenvalue weighted by atomic mass is 19.1. The van der Waals surface area contributed by atoms with Crippen molar-refractivity contribution < 1.29 is 18.6 Å². The zero-order chi connectivity index (χ0) is 30.1. The van der Waals surface area contributed by atoms with Gasteiger partial charge in [-0.3, -0.25) is 4.79 Å². The standard InChI is InChI=1S/C33H28FN5O4/c1-5-39-17-23(20-8-6-19(2)7-9-20)31(40)30-26(39)12-13-35-32(30)38-21-10-11-27(24(34)14-21)43-33-22-15-28(41-3)29(42-4)16-25(22)36-18-37-33/h6-18H,5H2,1-4H3,(H,35,38). The van der Waals surface area contributed by atoms with E-state index >= 15 is 4.39 Å². The molecule has 3 aromatic carbocycles. The Morgan fingerprint density at radius 3 is 2.40 bits per heavy atom. The third-order valence-electron chi connectivity index (χ3n) is 7.20. The van der Waals surface area contributed by atoms with E-state index in [2.05, 4.69) is 20.3 Å². The molecule has 216 valence electrons. The molecule has 0 bridgehead atoms. The number of ether oxygens (including phenoxy) is 3. The zero-order valence-electron chi connectivity index (χ0n) is 24.0. The molecule has 9 nitrogen and oxygen atoms in total. The first kappa shape index (κ1) is 27.6. The van der Waals surface area contributed by atoms with Gasteiger partial charge < -0.3 is 24.1 Å². The van der Waals surface area contributed by atoms with Crippen molar-refractivity contribution in [2.24, 2.45) is 0 Å². The largest absolute Gasteiger partial charge is 0.493 e. The van der Waals surface area contributed by atoms with Gasteiger partial charge in [0, 0.05) is 42.3 Å². The van der Waals surface area contributed by atoms with Crippen LogP contribution >= 0.6 is 0 Å². The Kier molecular flexibility index (Phi) is 7.33. The maximum Gasteiger partial charge on any atom is 0.230 e. The first-order valence-electron chi connectivity index (χ1n) is 13.6. The van der Waals surface area contributed by atoms with Crippen LogP contribution < -0.4 is 25.0 Å². The first-order chi connectivity index (χ1) is 20.9. The molecule has 0 saturated carbocycles. The van der Waals surface area contributed by atoms with Crippen LogP contribution in [-0.4, -0.2) is 33.7 Å². The van der Waals surface area contributed by atoms with Gasteiger partial charge in [0.1, 0.15) is 12.1 Å². The van der Waals surface area contributed by atoms with Crippen LogP contribution in [0.1, 0.15) is 12.5 Å². The van der Waals surface area contributed by atoms with Crippen LogP contribution in [0.4, 0.5) is 15.9 Å². The lowest BCUT2D eigenvalue weighted by Crippen LogP contribution is -2.14. The molecule has 0 saturated heterocycles. The molecule has 0 radical (unpaired) electrons. The molecule has 0 fully saturated rings. The minimum atomic E-state index is -0.635. The number of aromatic nitrogens is 4. The number of hydrogen-bond acceptors (Lipinski definition) is 8. The van der Waals surface area contributed by atoms with Gasteiger partial charge in [-0.2, -0.15) is 0 Å². The van der Waals surface area contributed by atoms with Gasteiger partial charge in [-0.05, 0) is 43.7 Å². The molecule has 0 aliphatic heterocycles. The predicted octanol–water partition coefficient (Wildman–Crippen LogP) is 7.03. The maximum atomic E-state index is 15.4. The summed E-state index contributed by atoms with van der Waals surface area (Å²) in [6, 6.07) is 17.4.